The highest BCUT2D eigenvalue weighted by molar-refractivity contribution is 7.82. The van der Waals surface area contributed by atoms with Gasteiger partial charge in [-0.15, -0.1) is 0 Å². The monoisotopic (exact) mass is 441 g/mol. The van der Waals surface area contributed by atoms with Crippen LogP contribution in [-0.2, 0) is 20.7 Å². The molecule has 3 rings (SSSR count). The van der Waals surface area contributed by atoms with E-state index in [4.69, 9.17) is 9.26 Å². The zero-order valence-corrected chi connectivity index (χ0v) is 20.5. The van der Waals surface area contributed by atoms with E-state index >= 15 is 0 Å². The van der Waals surface area contributed by atoms with Gasteiger partial charge in [-0.05, 0) is 29.5 Å². The van der Waals surface area contributed by atoms with E-state index in [1.165, 1.54) is 0 Å². The third-order valence-corrected chi connectivity index (χ3v) is 7.36. The average Bonchev–Trinajstić information content (AvgIpc) is 2.97. The van der Waals surface area contributed by atoms with Crippen LogP contribution in [-0.4, -0.2) is 21.9 Å². The summed E-state index contributed by atoms with van der Waals surface area (Å²) in [5, 5.41) is 2.98. The zero-order valence-electron chi connectivity index (χ0n) is 17.6. The van der Waals surface area contributed by atoms with Crippen LogP contribution in [0.1, 0.15) is 37.0 Å². The Morgan fingerprint density at radius 2 is 1.83 bits per heavy atom. The normalized spacial score (nSPS) is 15.8. The molecule has 1 aliphatic carbocycles. The fourth-order valence-corrected chi connectivity index (χ4v) is 6.10. The number of nitrogens with one attached hydrogen (secondary N) is 1. The fourth-order valence-electron chi connectivity index (χ4n) is 3.18. The number of hydrogen-bond donors (Lipinski definition) is 1. The molecule has 0 heterocycles. The Labute approximate surface area is 181 Å². The van der Waals surface area contributed by atoms with Crippen molar-refractivity contribution in [3.05, 3.63) is 77.4 Å². The van der Waals surface area contributed by atoms with Crippen molar-refractivity contribution in [2.75, 3.05) is 0 Å². The number of hydrogen-bond acceptors (Lipinski definition) is 4. The SMILES string of the molecule is CC(C)[C@H](NP(=O)([SiH3])Oc1cccc2c1C=CCC=C2)C(=O)OCc1ccccc1. The molecule has 158 valence electrons. The quantitative estimate of drug-likeness (QED) is 0.375. The summed E-state index contributed by atoms with van der Waals surface area (Å²) in [7, 11) is -2.96. The maximum absolute atomic E-state index is 13.3. The first-order chi connectivity index (χ1) is 14.4. The van der Waals surface area contributed by atoms with Crippen molar-refractivity contribution in [2.24, 2.45) is 5.92 Å². The summed E-state index contributed by atoms with van der Waals surface area (Å²) >= 11 is 0. The maximum Gasteiger partial charge on any atom is 0.324 e. The van der Waals surface area contributed by atoms with Gasteiger partial charge >= 0.3 is 5.97 Å². The lowest BCUT2D eigenvalue weighted by Crippen LogP contribution is -2.41. The van der Waals surface area contributed by atoms with Gasteiger partial charge < -0.3 is 9.26 Å². The van der Waals surface area contributed by atoms with E-state index in [2.05, 4.69) is 11.2 Å². The van der Waals surface area contributed by atoms with Crippen molar-refractivity contribution in [1.82, 2.24) is 5.09 Å². The van der Waals surface area contributed by atoms with Crippen LogP contribution in [0.4, 0.5) is 0 Å². The highest BCUT2D eigenvalue weighted by Gasteiger charge is 2.31. The smallest absolute Gasteiger partial charge is 0.324 e. The Balaban J connectivity index is 1.71. The second kappa shape index (κ2) is 10.1. The molecule has 1 N–H and O–H groups in total. The highest BCUT2D eigenvalue weighted by Crippen LogP contribution is 2.42. The number of benzene rings is 2. The second-order valence-corrected chi connectivity index (χ2v) is 13.3. The molecule has 0 saturated carbocycles. The first-order valence-electron chi connectivity index (χ1n) is 10.1. The molecule has 1 unspecified atom stereocenters. The molecule has 0 bridgehead atoms. The lowest BCUT2D eigenvalue weighted by Gasteiger charge is -2.26. The minimum absolute atomic E-state index is 0.102. The number of carbonyl (C=O) groups is 1. The lowest BCUT2D eigenvalue weighted by atomic mass is 10.1. The van der Waals surface area contributed by atoms with E-state index in [1.807, 2.05) is 80.6 Å². The van der Waals surface area contributed by atoms with Gasteiger partial charge in [0.1, 0.15) is 28.3 Å². The molecule has 30 heavy (non-hydrogen) atoms. The number of rotatable bonds is 8. The molecule has 0 aromatic heterocycles. The van der Waals surface area contributed by atoms with Gasteiger partial charge in [-0.3, -0.25) is 9.36 Å². The Kier molecular flexibility index (Phi) is 7.48. The van der Waals surface area contributed by atoms with E-state index in [0.717, 1.165) is 23.1 Å². The molecular weight excluding hydrogens is 413 g/mol. The number of ether oxygens (including phenoxy) is 1. The molecule has 0 saturated heterocycles. The van der Waals surface area contributed by atoms with Gasteiger partial charge in [0.2, 0.25) is 0 Å². The van der Waals surface area contributed by atoms with Crippen molar-refractivity contribution >= 4 is 35.1 Å². The van der Waals surface area contributed by atoms with Gasteiger partial charge in [-0.25, -0.2) is 5.09 Å². The van der Waals surface area contributed by atoms with E-state index in [9.17, 15) is 9.36 Å². The zero-order chi connectivity index (χ0) is 21.6. The van der Waals surface area contributed by atoms with Crippen LogP contribution >= 0.6 is 7.07 Å². The predicted molar refractivity (Wildman–Crippen MR) is 125 cm³/mol. The summed E-state index contributed by atoms with van der Waals surface area (Å²) < 4.78 is 24.8. The lowest BCUT2D eigenvalue weighted by molar-refractivity contribution is -0.148. The third kappa shape index (κ3) is 6.05. The van der Waals surface area contributed by atoms with E-state index in [-0.39, 0.29) is 22.4 Å². The molecule has 5 nitrogen and oxygen atoms in total. The molecule has 2 atom stereocenters. The van der Waals surface area contributed by atoms with Crippen LogP contribution in [0.25, 0.3) is 12.2 Å². The van der Waals surface area contributed by atoms with E-state index in [0.29, 0.717) is 5.75 Å². The summed E-state index contributed by atoms with van der Waals surface area (Å²) in [6, 6.07) is 14.5. The molecule has 0 aliphatic heterocycles. The van der Waals surface area contributed by atoms with Crippen molar-refractivity contribution in [1.29, 1.82) is 0 Å². The number of esters is 1. The van der Waals surface area contributed by atoms with Crippen LogP contribution < -0.4 is 9.61 Å². The van der Waals surface area contributed by atoms with Crippen LogP contribution in [0.15, 0.2) is 60.7 Å². The minimum atomic E-state index is -3.20. The molecule has 1 aliphatic rings. The molecule has 0 amide bonds. The predicted octanol–water partition coefficient (Wildman–Crippen LogP) is 4.33. The fraction of sp³-hybridized carbons (Fsp3) is 0.261. The summed E-state index contributed by atoms with van der Waals surface area (Å²) in [6.07, 6.45) is 8.97. The Hall–Kier alpha value is -2.40. The van der Waals surface area contributed by atoms with E-state index in [1.54, 1.807) is 0 Å². The Morgan fingerprint density at radius 1 is 1.10 bits per heavy atom. The number of carbonyl (C=O) groups excluding carboxylic acids is 1. The van der Waals surface area contributed by atoms with Crippen LogP contribution in [0.3, 0.4) is 0 Å². The molecule has 7 heteroatoms. The van der Waals surface area contributed by atoms with Crippen molar-refractivity contribution < 1.29 is 18.6 Å². The van der Waals surface area contributed by atoms with Gasteiger partial charge in [-0.2, -0.15) is 0 Å². The van der Waals surface area contributed by atoms with Crippen molar-refractivity contribution in [3.8, 4) is 5.75 Å². The molecule has 0 fully saturated rings. The van der Waals surface area contributed by atoms with Crippen molar-refractivity contribution in [3.63, 3.8) is 0 Å². The highest BCUT2D eigenvalue weighted by atomic mass is 31.4. The third-order valence-electron chi connectivity index (χ3n) is 4.74. The summed E-state index contributed by atoms with van der Waals surface area (Å²) in [6.45, 7) is 3.97. The first kappa shape index (κ1) is 22.3. The summed E-state index contributed by atoms with van der Waals surface area (Å²) in [4.78, 5) is 12.7. The second-order valence-electron chi connectivity index (χ2n) is 7.68. The summed E-state index contributed by atoms with van der Waals surface area (Å²) in [5.41, 5.74) is 2.83. The van der Waals surface area contributed by atoms with Crippen LogP contribution in [0, 0.1) is 5.92 Å². The Bertz CT molecular complexity index is 988. The Morgan fingerprint density at radius 3 is 2.57 bits per heavy atom. The van der Waals surface area contributed by atoms with Crippen LogP contribution in [0.2, 0.25) is 0 Å². The van der Waals surface area contributed by atoms with Crippen LogP contribution in [0.5, 0.6) is 5.75 Å². The van der Waals surface area contributed by atoms with Gasteiger partial charge in [0.25, 0.3) is 7.07 Å². The molecule has 2 aromatic carbocycles. The first-order valence-corrected chi connectivity index (χ1v) is 14.8. The number of allylic oxidation sites excluding steroid dienone is 2. The van der Waals surface area contributed by atoms with Crippen molar-refractivity contribution in [2.45, 2.75) is 32.9 Å². The largest absolute Gasteiger partial charge is 0.460 e. The summed E-state index contributed by atoms with van der Waals surface area (Å²) in [5.74, 6) is 0.0272. The molecular formula is C23H28NO4PSi. The topological polar surface area (TPSA) is 64.6 Å². The van der Waals surface area contributed by atoms with Gasteiger partial charge in [0, 0.05) is 5.56 Å². The van der Waals surface area contributed by atoms with Gasteiger partial charge in [-0.1, -0.05) is 80.6 Å². The number of fused-ring (bicyclic) bond motifs is 1. The minimum Gasteiger partial charge on any atom is -0.460 e. The molecule has 0 radical (unpaired) electrons. The van der Waals surface area contributed by atoms with Gasteiger partial charge in [0.15, 0.2) is 0 Å². The molecule has 2 aromatic rings. The standard InChI is InChI=1S/C23H28NO4PSi/c1-17(2)22(23(25)27-16-18-10-5-3-6-11-18)24-29(26,30)28-21-15-9-13-19-12-7-4-8-14-20(19)21/h3,5-15,17,22H,4,16H2,1-2,30H3,(H,24,26)/t22-,29?/m0/s1. The maximum atomic E-state index is 13.3. The molecule has 0 spiro atoms. The van der Waals surface area contributed by atoms with Gasteiger partial charge in [0.05, 0.1) is 0 Å². The van der Waals surface area contributed by atoms with E-state index < -0.39 is 19.1 Å². The average molecular weight is 442 g/mol.